The van der Waals surface area contributed by atoms with E-state index in [1.807, 2.05) is 6.08 Å². The molecule has 1 amide bonds. The quantitative estimate of drug-likeness (QED) is 0.0454. The molecule has 5 nitrogen and oxygen atoms in total. The van der Waals surface area contributed by atoms with Crippen LogP contribution in [0.2, 0.25) is 0 Å². The average molecular weight is 606 g/mol. The number of hydrogen-bond donors (Lipinski definition) is 4. The van der Waals surface area contributed by atoms with E-state index in [0.717, 1.165) is 38.5 Å². The molecule has 3 unspecified atom stereocenters. The Hall–Kier alpha value is -1.43. The minimum atomic E-state index is -0.955. The Morgan fingerprint density at radius 2 is 1.00 bits per heavy atom. The van der Waals surface area contributed by atoms with Crippen LogP contribution in [0.15, 0.2) is 36.5 Å². The van der Waals surface area contributed by atoms with Crippen LogP contribution in [0.1, 0.15) is 174 Å². The van der Waals surface area contributed by atoms with E-state index in [4.69, 9.17) is 0 Å². The standard InChI is InChI=1S/C38H71NO4/c1-3-5-7-9-11-13-14-15-16-17-18-19-20-21-22-23-24-26-28-30-32-37(42)36(34-40)39-38(43)33-35(41)31-29-27-25-12-10-8-6-4-2/h19-20,23-24,30,32,35-37,40-42H,3-18,21-22,25-29,31,33-34H2,1-2H3,(H,39,43)/b20-19+,24-23+,32-30+. The third-order valence-corrected chi connectivity index (χ3v) is 8.16. The molecular formula is C38H71NO4. The number of hydrogen-bond acceptors (Lipinski definition) is 4. The van der Waals surface area contributed by atoms with Crippen molar-refractivity contribution in [3.8, 4) is 0 Å². The molecule has 0 aliphatic rings. The van der Waals surface area contributed by atoms with Gasteiger partial charge in [-0.2, -0.15) is 0 Å². The molecule has 0 radical (unpaired) electrons. The number of allylic oxidation sites excluding steroid dienone is 5. The van der Waals surface area contributed by atoms with Crippen molar-refractivity contribution >= 4 is 5.91 Å². The highest BCUT2D eigenvalue weighted by Gasteiger charge is 2.20. The van der Waals surface area contributed by atoms with Gasteiger partial charge in [0.2, 0.25) is 5.91 Å². The highest BCUT2D eigenvalue weighted by molar-refractivity contribution is 5.76. The van der Waals surface area contributed by atoms with E-state index in [1.54, 1.807) is 6.08 Å². The maximum atomic E-state index is 12.3. The second-order valence-electron chi connectivity index (χ2n) is 12.5. The van der Waals surface area contributed by atoms with Crippen molar-refractivity contribution in [3.63, 3.8) is 0 Å². The predicted octanol–water partition coefficient (Wildman–Crippen LogP) is 9.65. The smallest absolute Gasteiger partial charge is 0.222 e. The number of aliphatic hydroxyl groups excluding tert-OH is 3. The number of unbranched alkanes of at least 4 members (excludes halogenated alkanes) is 19. The summed E-state index contributed by atoms with van der Waals surface area (Å²) in [6, 6.07) is -0.762. The van der Waals surface area contributed by atoms with Crippen molar-refractivity contribution in [1.29, 1.82) is 0 Å². The molecule has 0 saturated carbocycles. The Balaban J connectivity index is 3.80. The summed E-state index contributed by atoms with van der Waals surface area (Å²) in [4.78, 5) is 12.3. The maximum absolute atomic E-state index is 12.3. The lowest BCUT2D eigenvalue weighted by Crippen LogP contribution is -2.45. The molecule has 0 heterocycles. The molecule has 0 aromatic rings. The molecule has 252 valence electrons. The summed E-state index contributed by atoms with van der Waals surface area (Å²) in [6.45, 7) is 4.14. The number of carbonyl (C=O) groups is 1. The lowest BCUT2D eigenvalue weighted by atomic mass is 10.0. The van der Waals surface area contributed by atoms with Gasteiger partial charge in [-0.1, -0.05) is 159 Å². The molecule has 0 fully saturated rings. The van der Waals surface area contributed by atoms with Crippen LogP contribution < -0.4 is 5.32 Å². The number of nitrogens with one attached hydrogen (secondary N) is 1. The molecule has 0 spiro atoms. The van der Waals surface area contributed by atoms with Crippen LogP contribution in [0.5, 0.6) is 0 Å². The lowest BCUT2D eigenvalue weighted by molar-refractivity contribution is -0.124. The monoisotopic (exact) mass is 606 g/mol. The van der Waals surface area contributed by atoms with Crippen LogP contribution in [-0.2, 0) is 4.79 Å². The van der Waals surface area contributed by atoms with Crippen LogP contribution in [0.4, 0.5) is 0 Å². The minimum Gasteiger partial charge on any atom is -0.394 e. The molecule has 0 aliphatic carbocycles. The largest absolute Gasteiger partial charge is 0.394 e. The summed E-state index contributed by atoms with van der Waals surface area (Å²) < 4.78 is 0. The maximum Gasteiger partial charge on any atom is 0.222 e. The summed E-state index contributed by atoms with van der Waals surface area (Å²) >= 11 is 0. The molecule has 0 saturated heterocycles. The average Bonchev–Trinajstić information content (AvgIpc) is 3.00. The highest BCUT2D eigenvalue weighted by Crippen LogP contribution is 2.13. The van der Waals surface area contributed by atoms with E-state index in [1.165, 1.54) is 109 Å². The summed E-state index contributed by atoms with van der Waals surface area (Å²) in [5, 5.41) is 32.9. The van der Waals surface area contributed by atoms with Crippen LogP contribution >= 0.6 is 0 Å². The number of amides is 1. The third kappa shape index (κ3) is 30.4. The van der Waals surface area contributed by atoms with Gasteiger partial charge in [-0.05, 0) is 44.9 Å². The molecule has 4 N–H and O–H groups in total. The van der Waals surface area contributed by atoms with Crippen LogP contribution in [-0.4, -0.2) is 46.1 Å². The van der Waals surface area contributed by atoms with E-state index in [2.05, 4.69) is 43.5 Å². The molecule has 3 atom stereocenters. The first-order valence-electron chi connectivity index (χ1n) is 18.3. The van der Waals surface area contributed by atoms with Gasteiger partial charge in [0.1, 0.15) is 0 Å². The zero-order valence-corrected chi connectivity index (χ0v) is 28.3. The molecule has 0 aromatic carbocycles. The second-order valence-corrected chi connectivity index (χ2v) is 12.5. The van der Waals surface area contributed by atoms with E-state index in [9.17, 15) is 20.1 Å². The summed E-state index contributed by atoms with van der Waals surface area (Å²) in [5.41, 5.74) is 0. The molecule has 43 heavy (non-hydrogen) atoms. The van der Waals surface area contributed by atoms with E-state index < -0.39 is 18.2 Å². The normalized spacial score (nSPS) is 14.3. The SMILES string of the molecule is CCCCCCCCCCCC/C=C/CC/C=C/CC/C=C/C(O)C(CO)NC(=O)CC(O)CCCCCCCCCC. The van der Waals surface area contributed by atoms with Crippen LogP contribution in [0.3, 0.4) is 0 Å². The van der Waals surface area contributed by atoms with Crippen molar-refractivity contribution in [2.24, 2.45) is 0 Å². The zero-order chi connectivity index (χ0) is 31.6. The Morgan fingerprint density at radius 1 is 0.581 bits per heavy atom. The van der Waals surface area contributed by atoms with Gasteiger partial charge in [0, 0.05) is 0 Å². The van der Waals surface area contributed by atoms with Crippen molar-refractivity contribution in [2.75, 3.05) is 6.61 Å². The Kier molecular flexibility index (Phi) is 32.3. The van der Waals surface area contributed by atoms with Gasteiger partial charge in [-0.15, -0.1) is 0 Å². The van der Waals surface area contributed by atoms with Crippen molar-refractivity contribution in [3.05, 3.63) is 36.5 Å². The third-order valence-electron chi connectivity index (χ3n) is 8.16. The summed E-state index contributed by atoms with van der Waals surface area (Å²) in [5.74, 6) is -0.334. The second kappa shape index (κ2) is 33.5. The molecule has 0 aromatic heterocycles. The number of carbonyl (C=O) groups excluding carboxylic acids is 1. The molecular weight excluding hydrogens is 534 g/mol. The molecule has 0 rings (SSSR count). The zero-order valence-electron chi connectivity index (χ0n) is 28.3. The first-order valence-corrected chi connectivity index (χ1v) is 18.3. The van der Waals surface area contributed by atoms with E-state index >= 15 is 0 Å². The van der Waals surface area contributed by atoms with Gasteiger partial charge >= 0.3 is 0 Å². The first kappa shape index (κ1) is 41.6. The van der Waals surface area contributed by atoms with Crippen LogP contribution in [0, 0.1) is 0 Å². The van der Waals surface area contributed by atoms with Gasteiger partial charge in [-0.25, -0.2) is 0 Å². The van der Waals surface area contributed by atoms with E-state index in [-0.39, 0.29) is 18.9 Å². The van der Waals surface area contributed by atoms with Gasteiger partial charge in [0.15, 0.2) is 0 Å². The van der Waals surface area contributed by atoms with Crippen molar-refractivity contribution < 1.29 is 20.1 Å². The topological polar surface area (TPSA) is 89.8 Å². The van der Waals surface area contributed by atoms with Gasteiger partial charge in [-0.3, -0.25) is 4.79 Å². The lowest BCUT2D eigenvalue weighted by Gasteiger charge is -2.21. The van der Waals surface area contributed by atoms with Gasteiger partial charge in [0.25, 0.3) is 0 Å². The number of aliphatic hydroxyl groups is 3. The number of rotatable bonds is 32. The fourth-order valence-corrected chi connectivity index (χ4v) is 5.31. The van der Waals surface area contributed by atoms with E-state index in [0.29, 0.717) is 6.42 Å². The summed E-state index contributed by atoms with van der Waals surface area (Å²) in [6.07, 6.45) is 40.0. The molecule has 0 aliphatic heterocycles. The molecule has 5 heteroatoms. The Bertz CT molecular complexity index is 675. The van der Waals surface area contributed by atoms with Crippen molar-refractivity contribution in [1.82, 2.24) is 5.32 Å². The highest BCUT2D eigenvalue weighted by atomic mass is 16.3. The van der Waals surface area contributed by atoms with Crippen molar-refractivity contribution in [2.45, 2.75) is 193 Å². The fourth-order valence-electron chi connectivity index (χ4n) is 5.31. The Labute approximate surface area is 266 Å². The van der Waals surface area contributed by atoms with Gasteiger partial charge in [0.05, 0.1) is 31.3 Å². The summed E-state index contributed by atoms with van der Waals surface area (Å²) in [7, 11) is 0. The fraction of sp³-hybridized carbons (Fsp3) is 0.816. The minimum absolute atomic E-state index is 0.00270. The predicted molar refractivity (Wildman–Crippen MR) is 185 cm³/mol. The first-order chi connectivity index (χ1) is 21.0. The van der Waals surface area contributed by atoms with Gasteiger partial charge < -0.3 is 20.6 Å². The van der Waals surface area contributed by atoms with Crippen LogP contribution in [0.25, 0.3) is 0 Å². The molecule has 0 bridgehead atoms. The Morgan fingerprint density at radius 3 is 1.49 bits per heavy atom.